The standard InChI is InChI=1S/C24H24F2N4O2/c1-29(19-5-3-2-4-6-19)24(32)22-15-21(27-28-22)16-9-11-30(12-10-16)23(31)13-17-7-8-18(25)14-20(17)26/h2-8,14-16H,9-13H2,1H3,(H,27,28). The van der Waals surface area contributed by atoms with Crippen LogP contribution in [0.5, 0.6) is 0 Å². The highest BCUT2D eigenvalue weighted by Gasteiger charge is 2.27. The molecule has 32 heavy (non-hydrogen) atoms. The van der Waals surface area contributed by atoms with Crippen molar-refractivity contribution in [3.63, 3.8) is 0 Å². The second kappa shape index (κ2) is 9.30. The number of carbonyl (C=O) groups excluding carboxylic acids is 2. The summed E-state index contributed by atoms with van der Waals surface area (Å²) in [5, 5.41) is 7.17. The molecule has 1 aromatic heterocycles. The third kappa shape index (κ3) is 4.69. The van der Waals surface area contributed by atoms with E-state index in [9.17, 15) is 18.4 Å². The van der Waals surface area contributed by atoms with Crippen LogP contribution in [0.1, 0.15) is 40.5 Å². The topological polar surface area (TPSA) is 69.3 Å². The minimum atomic E-state index is -0.705. The molecule has 1 saturated heterocycles. The highest BCUT2D eigenvalue weighted by atomic mass is 19.1. The second-order valence-electron chi connectivity index (χ2n) is 7.98. The number of anilines is 1. The molecule has 0 saturated carbocycles. The van der Waals surface area contributed by atoms with Gasteiger partial charge in [-0.1, -0.05) is 24.3 Å². The van der Waals surface area contributed by atoms with Gasteiger partial charge in [-0.3, -0.25) is 14.7 Å². The Kier molecular flexibility index (Phi) is 6.30. The Bertz CT molecular complexity index is 1110. The van der Waals surface area contributed by atoms with Gasteiger partial charge in [-0.25, -0.2) is 8.78 Å². The molecule has 1 aliphatic heterocycles. The van der Waals surface area contributed by atoms with Crippen LogP contribution in [-0.4, -0.2) is 47.0 Å². The third-order valence-electron chi connectivity index (χ3n) is 5.91. The van der Waals surface area contributed by atoms with Crippen LogP contribution < -0.4 is 4.90 Å². The fraction of sp³-hybridized carbons (Fsp3) is 0.292. The van der Waals surface area contributed by atoms with Crippen molar-refractivity contribution in [3.05, 3.63) is 83.2 Å². The van der Waals surface area contributed by atoms with E-state index < -0.39 is 11.6 Å². The number of amides is 2. The highest BCUT2D eigenvalue weighted by Crippen LogP contribution is 2.28. The van der Waals surface area contributed by atoms with E-state index >= 15 is 0 Å². The van der Waals surface area contributed by atoms with Crippen molar-refractivity contribution in [2.75, 3.05) is 25.0 Å². The normalized spacial score (nSPS) is 14.4. The number of likely N-dealkylation sites (tertiary alicyclic amines) is 1. The van der Waals surface area contributed by atoms with E-state index in [1.165, 1.54) is 6.07 Å². The monoisotopic (exact) mass is 438 g/mol. The summed E-state index contributed by atoms with van der Waals surface area (Å²) in [5.41, 5.74) is 2.19. The first-order valence-electron chi connectivity index (χ1n) is 10.5. The maximum absolute atomic E-state index is 13.8. The van der Waals surface area contributed by atoms with Crippen LogP contribution in [0, 0.1) is 11.6 Å². The zero-order valence-electron chi connectivity index (χ0n) is 17.7. The zero-order valence-corrected chi connectivity index (χ0v) is 17.7. The van der Waals surface area contributed by atoms with Crippen molar-refractivity contribution in [3.8, 4) is 0 Å². The molecular formula is C24H24F2N4O2. The van der Waals surface area contributed by atoms with Crippen LogP contribution in [-0.2, 0) is 11.2 Å². The minimum absolute atomic E-state index is 0.0920. The number of aromatic amines is 1. The molecular weight excluding hydrogens is 414 g/mol. The van der Waals surface area contributed by atoms with Crippen LogP contribution in [0.25, 0.3) is 0 Å². The van der Waals surface area contributed by atoms with Gasteiger partial charge in [0.05, 0.1) is 6.42 Å². The zero-order chi connectivity index (χ0) is 22.7. The molecule has 1 fully saturated rings. The largest absolute Gasteiger partial charge is 0.342 e. The van der Waals surface area contributed by atoms with Crippen LogP contribution in [0.15, 0.2) is 54.6 Å². The van der Waals surface area contributed by atoms with Gasteiger partial charge in [0.2, 0.25) is 5.91 Å². The fourth-order valence-electron chi connectivity index (χ4n) is 3.98. The summed E-state index contributed by atoms with van der Waals surface area (Å²) in [5.74, 6) is -1.60. The Morgan fingerprint density at radius 2 is 1.81 bits per heavy atom. The number of halogens is 2. The third-order valence-corrected chi connectivity index (χ3v) is 5.91. The average Bonchev–Trinajstić information content (AvgIpc) is 3.31. The van der Waals surface area contributed by atoms with E-state index in [0.29, 0.717) is 31.6 Å². The molecule has 1 aliphatic rings. The van der Waals surface area contributed by atoms with Crippen molar-refractivity contribution in [1.29, 1.82) is 0 Å². The summed E-state index contributed by atoms with van der Waals surface area (Å²) < 4.78 is 26.9. The van der Waals surface area contributed by atoms with Gasteiger partial charge in [-0.2, -0.15) is 5.10 Å². The van der Waals surface area contributed by atoms with Crippen LogP contribution in [0.4, 0.5) is 14.5 Å². The van der Waals surface area contributed by atoms with E-state index in [2.05, 4.69) is 10.2 Å². The summed E-state index contributed by atoms with van der Waals surface area (Å²) >= 11 is 0. The van der Waals surface area contributed by atoms with E-state index in [0.717, 1.165) is 23.5 Å². The van der Waals surface area contributed by atoms with Gasteiger partial charge in [-0.05, 0) is 42.7 Å². The smallest absolute Gasteiger partial charge is 0.278 e. The van der Waals surface area contributed by atoms with Gasteiger partial charge in [0.1, 0.15) is 11.6 Å². The molecule has 2 aromatic carbocycles. The molecule has 0 aliphatic carbocycles. The van der Waals surface area contributed by atoms with Crippen molar-refractivity contribution >= 4 is 17.5 Å². The Hall–Kier alpha value is -3.55. The summed E-state index contributed by atoms with van der Waals surface area (Å²) in [4.78, 5) is 28.5. The SMILES string of the molecule is CN(C(=O)c1cc(C2CCN(C(=O)Cc3ccc(F)cc3F)CC2)[nH]n1)c1ccccc1. The molecule has 0 bridgehead atoms. The van der Waals surface area contributed by atoms with Gasteiger partial charge in [0, 0.05) is 43.5 Å². The minimum Gasteiger partial charge on any atom is -0.342 e. The summed E-state index contributed by atoms with van der Waals surface area (Å²) in [6, 6.07) is 14.4. The number of aromatic nitrogens is 2. The Balaban J connectivity index is 1.34. The number of hydrogen-bond acceptors (Lipinski definition) is 3. The molecule has 166 valence electrons. The van der Waals surface area contributed by atoms with Crippen molar-refractivity contribution in [1.82, 2.24) is 15.1 Å². The predicted molar refractivity (Wildman–Crippen MR) is 116 cm³/mol. The Morgan fingerprint density at radius 1 is 1.09 bits per heavy atom. The fourth-order valence-corrected chi connectivity index (χ4v) is 3.98. The maximum atomic E-state index is 13.8. The Labute approximate surface area is 184 Å². The molecule has 0 spiro atoms. The highest BCUT2D eigenvalue weighted by molar-refractivity contribution is 6.04. The maximum Gasteiger partial charge on any atom is 0.278 e. The average molecular weight is 438 g/mol. The predicted octanol–water partition coefficient (Wildman–Crippen LogP) is 3.91. The number of para-hydroxylation sites is 1. The molecule has 3 aromatic rings. The lowest BCUT2D eigenvalue weighted by atomic mass is 9.93. The summed E-state index contributed by atoms with van der Waals surface area (Å²) in [6.45, 7) is 1.05. The van der Waals surface area contributed by atoms with Gasteiger partial charge in [0.25, 0.3) is 5.91 Å². The number of rotatable bonds is 5. The first-order chi connectivity index (χ1) is 15.4. The summed E-state index contributed by atoms with van der Waals surface area (Å²) in [7, 11) is 1.71. The van der Waals surface area contributed by atoms with E-state index in [1.807, 2.05) is 30.3 Å². The number of piperidine rings is 1. The number of benzene rings is 2. The van der Waals surface area contributed by atoms with Crippen molar-refractivity contribution < 1.29 is 18.4 Å². The quantitative estimate of drug-likeness (QED) is 0.657. The van der Waals surface area contributed by atoms with Crippen LogP contribution in [0.2, 0.25) is 0 Å². The first kappa shape index (κ1) is 21.7. The molecule has 1 N–H and O–H groups in total. The lowest BCUT2D eigenvalue weighted by Gasteiger charge is -2.31. The second-order valence-corrected chi connectivity index (χ2v) is 7.98. The number of H-pyrrole nitrogens is 1. The number of hydrogen-bond donors (Lipinski definition) is 1. The molecule has 2 heterocycles. The molecule has 8 heteroatoms. The molecule has 2 amide bonds. The molecule has 6 nitrogen and oxygen atoms in total. The molecule has 0 unspecified atom stereocenters. The van der Waals surface area contributed by atoms with E-state index in [4.69, 9.17) is 0 Å². The van der Waals surface area contributed by atoms with E-state index in [1.54, 1.807) is 22.9 Å². The molecule has 0 radical (unpaired) electrons. The van der Waals surface area contributed by atoms with Gasteiger partial charge < -0.3 is 9.80 Å². The van der Waals surface area contributed by atoms with Gasteiger partial charge in [-0.15, -0.1) is 0 Å². The first-order valence-corrected chi connectivity index (χ1v) is 10.5. The number of nitrogens with one attached hydrogen (secondary N) is 1. The lowest BCUT2D eigenvalue weighted by Crippen LogP contribution is -2.39. The molecule has 0 atom stereocenters. The summed E-state index contributed by atoms with van der Waals surface area (Å²) in [6.07, 6.45) is 1.33. The van der Waals surface area contributed by atoms with Gasteiger partial charge >= 0.3 is 0 Å². The van der Waals surface area contributed by atoms with Crippen molar-refractivity contribution in [2.24, 2.45) is 0 Å². The van der Waals surface area contributed by atoms with E-state index in [-0.39, 0.29) is 29.7 Å². The van der Waals surface area contributed by atoms with Crippen LogP contribution >= 0.6 is 0 Å². The van der Waals surface area contributed by atoms with Crippen LogP contribution in [0.3, 0.4) is 0 Å². The van der Waals surface area contributed by atoms with Crippen molar-refractivity contribution in [2.45, 2.75) is 25.2 Å². The number of carbonyl (C=O) groups is 2. The number of nitrogens with zero attached hydrogens (tertiary/aromatic N) is 3. The van der Waals surface area contributed by atoms with Gasteiger partial charge in [0.15, 0.2) is 5.69 Å². The Morgan fingerprint density at radius 3 is 2.50 bits per heavy atom. The molecule has 4 rings (SSSR count). The lowest BCUT2D eigenvalue weighted by molar-refractivity contribution is -0.131.